The predicted octanol–water partition coefficient (Wildman–Crippen LogP) is 2.27. The van der Waals surface area contributed by atoms with Gasteiger partial charge in [-0.1, -0.05) is 41.7 Å². The average molecular weight is 279 g/mol. The molecular weight excluding hydrogens is 262 g/mol. The number of aliphatic hydroxyl groups excluding tert-OH is 1. The van der Waals surface area contributed by atoms with E-state index in [-0.39, 0.29) is 12.5 Å². The third-order valence-electron chi connectivity index (χ3n) is 3.01. The maximum absolute atomic E-state index is 12.0. The van der Waals surface area contributed by atoms with Gasteiger partial charge in [-0.3, -0.25) is 4.79 Å². The van der Waals surface area contributed by atoms with Crippen LogP contribution in [0.5, 0.6) is 0 Å². The van der Waals surface area contributed by atoms with Gasteiger partial charge in [0, 0.05) is 17.7 Å². The smallest absolute Gasteiger partial charge is 0.251 e. The lowest BCUT2D eigenvalue weighted by Crippen LogP contribution is -2.22. The third-order valence-corrected chi connectivity index (χ3v) is 3.01. The Labute approximate surface area is 124 Å². The van der Waals surface area contributed by atoms with Gasteiger partial charge >= 0.3 is 0 Å². The molecular formula is C18H17NO2. The number of amides is 1. The fourth-order valence-electron chi connectivity index (χ4n) is 1.89. The Morgan fingerprint density at radius 2 is 1.95 bits per heavy atom. The molecule has 21 heavy (non-hydrogen) atoms. The van der Waals surface area contributed by atoms with E-state index in [4.69, 9.17) is 5.11 Å². The summed E-state index contributed by atoms with van der Waals surface area (Å²) in [7, 11) is 0. The number of aryl methyl sites for hydroxylation is 1. The van der Waals surface area contributed by atoms with Crippen molar-refractivity contribution in [2.24, 2.45) is 0 Å². The number of rotatable bonds is 3. The molecule has 2 aromatic carbocycles. The van der Waals surface area contributed by atoms with Crippen molar-refractivity contribution in [3.8, 4) is 11.8 Å². The number of hydrogen-bond donors (Lipinski definition) is 2. The summed E-state index contributed by atoms with van der Waals surface area (Å²) in [6.45, 7) is 2.27. The standard InChI is InChI=1S/C18H17NO2/c1-14-7-9-17(10-8-14)18(21)19-13-16-5-2-4-15(12-16)6-3-11-20/h2,4-5,7-10,12,20H,11,13H2,1H3,(H,19,21). The zero-order valence-corrected chi connectivity index (χ0v) is 11.9. The fraction of sp³-hybridized carbons (Fsp3) is 0.167. The van der Waals surface area contributed by atoms with E-state index in [2.05, 4.69) is 17.2 Å². The van der Waals surface area contributed by atoms with Crippen molar-refractivity contribution in [1.29, 1.82) is 0 Å². The SMILES string of the molecule is Cc1ccc(C(=O)NCc2cccc(C#CCO)c2)cc1. The summed E-state index contributed by atoms with van der Waals surface area (Å²) in [5.74, 6) is 5.36. The van der Waals surface area contributed by atoms with Crippen molar-refractivity contribution in [3.05, 3.63) is 70.8 Å². The molecule has 3 nitrogen and oxygen atoms in total. The van der Waals surface area contributed by atoms with E-state index >= 15 is 0 Å². The van der Waals surface area contributed by atoms with Crippen LogP contribution in [-0.2, 0) is 6.54 Å². The molecule has 0 aliphatic rings. The Hall–Kier alpha value is -2.57. The Morgan fingerprint density at radius 1 is 1.19 bits per heavy atom. The number of hydrogen-bond acceptors (Lipinski definition) is 2. The summed E-state index contributed by atoms with van der Waals surface area (Å²) in [4.78, 5) is 12.0. The molecule has 0 spiro atoms. The van der Waals surface area contributed by atoms with Crippen LogP contribution in [0, 0.1) is 18.8 Å². The largest absolute Gasteiger partial charge is 0.384 e. The van der Waals surface area contributed by atoms with Gasteiger partial charge in [-0.2, -0.15) is 0 Å². The van der Waals surface area contributed by atoms with Crippen LogP contribution in [-0.4, -0.2) is 17.6 Å². The summed E-state index contributed by atoms with van der Waals surface area (Å²) >= 11 is 0. The van der Waals surface area contributed by atoms with Gasteiger partial charge in [-0.05, 0) is 36.8 Å². The number of aliphatic hydroxyl groups is 1. The van der Waals surface area contributed by atoms with Gasteiger partial charge < -0.3 is 10.4 Å². The molecule has 2 N–H and O–H groups in total. The predicted molar refractivity (Wildman–Crippen MR) is 82.8 cm³/mol. The van der Waals surface area contributed by atoms with E-state index in [1.165, 1.54) is 0 Å². The van der Waals surface area contributed by atoms with Crippen LogP contribution in [0.15, 0.2) is 48.5 Å². The quantitative estimate of drug-likeness (QED) is 0.847. The van der Waals surface area contributed by atoms with Crippen LogP contribution >= 0.6 is 0 Å². The van der Waals surface area contributed by atoms with Gasteiger partial charge in [-0.15, -0.1) is 0 Å². The molecule has 0 bridgehead atoms. The van der Waals surface area contributed by atoms with Crippen molar-refractivity contribution < 1.29 is 9.90 Å². The minimum Gasteiger partial charge on any atom is -0.384 e. The highest BCUT2D eigenvalue weighted by Gasteiger charge is 2.04. The van der Waals surface area contributed by atoms with Gasteiger partial charge in [0.15, 0.2) is 0 Å². The molecule has 106 valence electrons. The van der Waals surface area contributed by atoms with Gasteiger partial charge in [0.05, 0.1) is 0 Å². The molecule has 0 atom stereocenters. The Balaban J connectivity index is 1.99. The Bertz CT molecular complexity index is 678. The van der Waals surface area contributed by atoms with Crippen molar-refractivity contribution in [2.45, 2.75) is 13.5 Å². The molecule has 3 heteroatoms. The summed E-state index contributed by atoms with van der Waals surface area (Å²) in [6.07, 6.45) is 0. The van der Waals surface area contributed by atoms with E-state index in [0.29, 0.717) is 12.1 Å². The molecule has 0 aromatic heterocycles. The van der Waals surface area contributed by atoms with Gasteiger partial charge in [0.2, 0.25) is 0 Å². The summed E-state index contributed by atoms with van der Waals surface area (Å²) < 4.78 is 0. The van der Waals surface area contributed by atoms with Gasteiger partial charge in [0.25, 0.3) is 5.91 Å². The van der Waals surface area contributed by atoms with E-state index in [9.17, 15) is 4.79 Å². The summed E-state index contributed by atoms with van der Waals surface area (Å²) in [6, 6.07) is 15.0. The van der Waals surface area contributed by atoms with Crippen molar-refractivity contribution >= 4 is 5.91 Å². The molecule has 2 rings (SSSR count). The topological polar surface area (TPSA) is 49.3 Å². The number of carbonyl (C=O) groups is 1. The molecule has 0 fully saturated rings. The minimum atomic E-state index is -0.158. The van der Waals surface area contributed by atoms with Crippen LogP contribution in [0.2, 0.25) is 0 Å². The molecule has 0 saturated carbocycles. The Morgan fingerprint density at radius 3 is 2.67 bits per heavy atom. The molecule has 0 aliphatic heterocycles. The summed E-state index contributed by atoms with van der Waals surface area (Å²) in [5, 5.41) is 11.6. The van der Waals surface area contributed by atoms with Crippen LogP contribution < -0.4 is 5.32 Å². The fourth-order valence-corrected chi connectivity index (χ4v) is 1.89. The number of benzene rings is 2. The number of carbonyl (C=O) groups excluding carboxylic acids is 1. The lowest BCUT2D eigenvalue weighted by molar-refractivity contribution is 0.0951. The maximum Gasteiger partial charge on any atom is 0.251 e. The maximum atomic E-state index is 12.0. The van der Waals surface area contributed by atoms with Crippen LogP contribution in [0.1, 0.15) is 27.0 Å². The molecule has 0 unspecified atom stereocenters. The lowest BCUT2D eigenvalue weighted by atomic mass is 10.1. The third kappa shape index (κ3) is 4.48. The average Bonchev–Trinajstić information content (AvgIpc) is 2.52. The van der Waals surface area contributed by atoms with E-state index in [1.54, 1.807) is 0 Å². The van der Waals surface area contributed by atoms with E-state index < -0.39 is 0 Å². The highest BCUT2D eigenvalue weighted by molar-refractivity contribution is 5.94. The Kier molecular flexibility index (Phi) is 5.14. The zero-order valence-electron chi connectivity index (χ0n) is 11.9. The highest BCUT2D eigenvalue weighted by Crippen LogP contribution is 2.06. The number of nitrogens with one attached hydrogen (secondary N) is 1. The minimum absolute atomic E-state index is 0.0955. The first kappa shape index (κ1) is 14.8. The molecule has 1 amide bonds. The van der Waals surface area contributed by atoms with Crippen molar-refractivity contribution in [1.82, 2.24) is 5.32 Å². The second-order valence-electron chi connectivity index (χ2n) is 4.71. The zero-order chi connectivity index (χ0) is 15.1. The second kappa shape index (κ2) is 7.28. The first-order valence-electron chi connectivity index (χ1n) is 6.72. The first-order chi connectivity index (χ1) is 10.2. The molecule has 0 aliphatic carbocycles. The van der Waals surface area contributed by atoms with Crippen molar-refractivity contribution in [3.63, 3.8) is 0 Å². The normalized spacial score (nSPS) is 9.62. The van der Waals surface area contributed by atoms with Gasteiger partial charge in [-0.25, -0.2) is 0 Å². The summed E-state index contributed by atoms with van der Waals surface area (Å²) in [5.41, 5.74) is 3.57. The van der Waals surface area contributed by atoms with E-state index in [0.717, 1.165) is 16.7 Å². The second-order valence-corrected chi connectivity index (χ2v) is 4.71. The molecule has 0 heterocycles. The van der Waals surface area contributed by atoms with Crippen LogP contribution in [0.4, 0.5) is 0 Å². The molecule has 2 aromatic rings. The molecule has 0 saturated heterocycles. The lowest BCUT2D eigenvalue weighted by Gasteiger charge is -2.06. The monoisotopic (exact) mass is 279 g/mol. The van der Waals surface area contributed by atoms with Crippen molar-refractivity contribution in [2.75, 3.05) is 6.61 Å². The van der Waals surface area contributed by atoms with Crippen LogP contribution in [0.25, 0.3) is 0 Å². The van der Waals surface area contributed by atoms with Gasteiger partial charge in [0.1, 0.15) is 6.61 Å². The highest BCUT2D eigenvalue weighted by atomic mass is 16.2. The van der Waals surface area contributed by atoms with Crippen LogP contribution in [0.3, 0.4) is 0 Å². The van der Waals surface area contributed by atoms with E-state index in [1.807, 2.05) is 55.5 Å². The molecule has 0 radical (unpaired) electrons. The first-order valence-corrected chi connectivity index (χ1v) is 6.72.